The molecule has 0 amide bonds. The second-order valence-corrected chi connectivity index (χ2v) is 2.71. The molecule has 0 aromatic rings. The summed E-state index contributed by atoms with van der Waals surface area (Å²) < 4.78 is 0. The molecule has 0 aliphatic carbocycles. The molecule has 2 nitrogen and oxygen atoms in total. The second-order valence-electron chi connectivity index (χ2n) is 2.71. The fourth-order valence-electron chi connectivity index (χ4n) is 1.39. The molecule has 0 unspecified atom stereocenters. The molecule has 2 N–H and O–H groups in total. The molecule has 1 fully saturated rings. The van der Waals surface area contributed by atoms with Crippen LogP contribution >= 0.6 is 0 Å². The van der Waals surface area contributed by atoms with E-state index in [1.54, 1.807) is 0 Å². The van der Waals surface area contributed by atoms with Gasteiger partial charge >= 0.3 is 0 Å². The molecular formula is C8H15NO. The Morgan fingerprint density at radius 2 is 2.60 bits per heavy atom. The van der Waals surface area contributed by atoms with Gasteiger partial charge in [-0.3, -0.25) is 0 Å². The van der Waals surface area contributed by atoms with E-state index in [-0.39, 0.29) is 0 Å². The number of piperidine rings is 1. The van der Waals surface area contributed by atoms with Crippen LogP contribution in [0.15, 0.2) is 11.6 Å². The molecule has 0 aromatic carbocycles. The van der Waals surface area contributed by atoms with Gasteiger partial charge in [-0.1, -0.05) is 11.6 Å². The zero-order chi connectivity index (χ0) is 7.40. The Balaban J connectivity index is 2.50. The summed E-state index contributed by atoms with van der Waals surface area (Å²) in [6.07, 6.45) is 3.18. The van der Waals surface area contributed by atoms with Crippen LogP contribution < -0.4 is 5.32 Å². The van der Waals surface area contributed by atoms with Crippen molar-refractivity contribution in [2.45, 2.75) is 13.3 Å². The minimum Gasteiger partial charge on any atom is -0.396 e. The largest absolute Gasteiger partial charge is 0.396 e. The third-order valence-electron chi connectivity index (χ3n) is 2.11. The lowest BCUT2D eigenvalue weighted by Crippen LogP contribution is -2.31. The number of hydrogen-bond donors (Lipinski definition) is 2. The van der Waals surface area contributed by atoms with Crippen LogP contribution in [0.5, 0.6) is 0 Å². The van der Waals surface area contributed by atoms with Gasteiger partial charge < -0.3 is 10.4 Å². The van der Waals surface area contributed by atoms with Crippen LogP contribution in [0.4, 0.5) is 0 Å². The zero-order valence-electron chi connectivity index (χ0n) is 6.43. The van der Waals surface area contributed by atoms with Gasteiger partial charge in [0.15, 0.2) is 0 Å². The zero-order valence-corrected chi connectivity index (χ0v) is 6.43. The van der Waals surface area contributed by atoms with Crippen LogP contribution in [-0.2, 0) is 0 Å². The van der Waals surface area contributed by atoms with Gasteiger partial charge in [0, 0.05) is 19.1 Å². The molecule has 0 aromatic heterocycles. The molecule has 0 bridgehead atoms. The first kappa shape index (κ1) is 7.76. The van der Waals surface area contributed by atoms with Crippen LogP contribution in [-0.4, -0.2) is 24.8 Å². The summed E-state index contributed by atoms with van der Waals surface area (Å²) in [5, 5.41) is 12.2. The molecule has 0 saturated carbocycles. The number of allylic oxidation sites excluding steroid dienone is 1. The van der Waals surface area contributed by atoms with E-state index >= 15 is 0 Å². The van der Waals surface area contributed by atoms with Crippen LogP contribution in [0, 0.1) is 5.92 Å². The minimum absolute atomic E-state index is 0.307. The van der Waals surface area contributed by atoms with E-state index < -0.39 is 0 Å². The van der Waals surface area contributed by atoms with Crippen molar-refractivity contribution in [2.75, 3.05) is 19.7 Å². The number of hydrogen-bond acceptors (Lipinski definition) is 2. The Bertz CT molecular complexity index is 131. The van der Waals surface area contributed by atoms with Crippen molar-refractivity contribution in [1.29, 1.82) is 0 Å². The average molecular weight is 141 g/mol. The number of aliphatic hydroxyl groups is 1. The summed E-state index contributed by atoms with van der Waals surface area (Å²) in [6.45, 7) is 4.34. The SMILES string of the molecule is C/C=C1/CNCC[C@@H]1CO. The van der Waals surface area contributed by atoms with Gasteiger partial charge in [-0.15, -0.1) is 0 Å². The van der Waals surface area contributed by atoms with Gasteiger partial charge in [-0.2, -0.15) is 0 Å². The van der Waals surface area contributed by atoms with Crippen molar-refractivity contribution < 1.29 is 5.11 Å². The van der Waals surface area contributed by atoms with Gasteiger partial charge in [0.2, 0.25) is 0 Å². The summed E-state index contributed by atoms with van der Waals surface area (Å²) in [5.74, 6) is 0.422. The molecular weight excluding hydrogens is 126 g/mol. The maximum atomic E-state index is 8.92. The molecule has 1 aliphatic rings. The lowest BCUT2D eigenvalue weighted by Gasteiger charge is -2.24. The second kappa shape index (κ2) is 3.74. The lowest BCUT2D eigenvalue weighted by molar-refractivity contribution is 0.228. The first-order chi connectivity index (χ1) is 4.88. The minimum atomic E-state index is 0.307. The topological polar surface area (TPSA) is 32.3 Å². The highest BCUT2D eigenvalue weighted by Crippen LogP contribution is 2.16. The standard InChI is InChI=1S/C8H15NO/c1-2-7-5-9-4-3-8(7)6-10/h2,8-10H,3-6H2,1H3/b7-2-/t8-/m1/s1. The van der Waals surface area contributed by atoms with Crippen molar-refractivity contribution in [3.8, 4) is 0 Å². The van der Waals surface area contributed by atoms with Crippen LogP contribution in [0.2, 0.25) is 0 Å². The summed E-state index contributed by atoms with van der Waals surface area (Å²) >= 11 is 0. The number of rotatable bonds is 1. The Hall–Kier alpha value is -0.340. The first-order valence-corrected chi connectivity index (χ1v) is 3.85. The summed E-state index contributed by atoms with van der Waals surface area (Å²) in [6, 6.07) is 0. The first-order valence-electron chi connectivity index (χ1n) is 3.85. The molecule has 1 saturated heterocycles. The Kier molecular flexibility index (Phi) is 2.90. The fourth-order valence-corrected chi connectivity index (χ4v) is 1.39. The van der Waals surface area contributed by atoms with E-state index in [2.05, 4.69) is 11.4 Å². The quantitative estimate of drug-likeness (QED) is 0.522. The highest BCUT2D eigenvalue weighted by atomic mass is 16.3. The Morgan fingerprint density at radius 1 is 1.80 bits per heavy atom. The van der Waals surface area contributed by atoms with Crippen LogP contribution in [0.3, 0.4) is 0 Å². The van der Waals surface area contributed by atoms with Gasteiger partial charge in [-0.05, 0) is 19.9 Å². The normalized spacial score (nSPS) is 31.0. The summed E-state index contributed by atoms with van der Waals surface area (Å²) in [7, 11) is 0. The van der Waals surface area contributed by atoms with Crippen LogP contribution in [0.25, 0.3) is 0 Å². The van der Waals surface area contributed by atoms with Crippen LogP contribution in [0.1, 0.15) is 13.3 Å². The van der Waals surface area contributed by atoms with Crippen molar-refractivity contribution in [2.24, 2.45) is 5.92 Å². The van der Waals surface area contributed by atoms with Crippen molar-refractivity contribution in [3.05, 3.63) is 11.6 Å². The van der Waals surface area contributed by atoms with Crippen molar-refractivity contribution >= 4 is 0 Å². The average Bonchev–Trinajstić information content (AvgIpc) is 2.04. The highest BCUT2D eigenvalue weighted by Gasteiger charge is 2.15. The molecule has 0 spiro atoms. The highest BCUT2D eigenvalue weighted by molar-refractivity contribution is 5.10. The predicted octanol–water partition coefficient (Wildman–Crippen LogP) is 0.534. The Labute approximate surface area is 61.9 Å². The molecule has 10 heavy (non-hydrogen) atoms. The van der Waals surface area contributed by atoms with Gasteiger partial charge in [-0.25, -0.2) is 0 Å². The third kappa shape index (κ3) is 1.58. The monoisotopic (exact) mass is 141 g/mol. The van der Waals surface area contributed by atoms with E-state index in [1.807, 2.05) is 6.92 Å². The molecule has 1 rings (SSSR count). The van der Waals surface area contributed by atoms with E-state index in [9.17, 15) is 0 Å². The molecule has 2 heteroatoms. The van der Waals surface area contributed by atoms with E-state index in [4.69, 9.17) is 5.11 Å². The fraction of sp³-hybridized carbons (Fsp3) is 0.750. The van der Waals surface area contributed by atoms with Crippen molar-refractivity contribution in [3.63, 3.8) is 0 Å². The maximum Gasteiger partial charge on any atom is 0.0497 e. The van der Waals surface area contributed by atoms with E-state index in [0.29, 0.717) is 12.5 Å². The molecule has 1 aliphatic heterocycles. The lowest BCUT2D eigenvalue weighted by atomic mass is 9.93. The summed E-state index contributed by atoms with van der Waals surface area (Å²) in [4.78, 5) is 0. The van der Waals surface area contributed by atoms with E-state index in [1.165, 1.54) is 5.57 Å². The third-order valence-corrected chi connectivity index (χ3v) is 2.11. The molecule has 1 heterocycles. The molecule has 0 radical (unpaired) electrons. The number of nitrogens with one attached hydrogen (secondary N) is 1. The molecule has 58 valence electrons. The van der Waals surface area contributed by atoms with Gasteiger partial charge in [0.25, 0.3) is 0 Å². The Morgan fingerprint density at radius 3 is 3.10 bits per heavy atom. The smallest absolute Gasteiger partial charge is 0.0497 e. The van der Waals surface area contributed by atoms with Gasteiger partial charge in [0.1, 0.15) is 0 Å². The van der Waals surface area contributed by atoms with E-state index in [0.717, 1.165) is 19.5 Å². The van der Waals surface area contributed by atoms with Gasteiger partial charge in [0.05, 0.1) is 0 Å². The number of aliphatic hydroxyl groups excluding tert-OH is 1. The van der Waals surface area contributed by atoms with Crippen molar-refractivity contribution in [1.82, 2.24) is 5.32 Å². The molecule has 1 atom stereocenters. The predicted molar refractivity (Wildman–Crippen MR) is 41.8 cm³/mol. The maximum absolute atomic E-state index is 8.92. The summed E-state index contributed by atoms with van der Waals surface area (Å²) in [5.41, 5.74) is 1.36.